The van der Waals surface area contributed by atoms with Gasteiger partial charge in [0.25, 0.3) is 0 Å². The van der Waals surface area contributed by atoms with Gasteiger partial charge in [-0.3, -0.25) is 4.90 Å². The maximum absolute atomic E-state index is 13.8. The first-order chi connectivity index (χ1) is 17.4. The number of amides is 2. The van der Waals surface area contributed by atoms with Crippen molar-refractivity contribution < 1.29 is 14.3 Å². The molecule has 3 fully saturated rings. The van der Waals surface area contributed by atoms with E-state index in [1.54, 1.807) is 14.2 Å². The van der Waals surface area contributed by atoms with Gasteiger partial charge < -0.3 is 19.3 Å². The van der Waals surface area contributed by atoms with Gasteiger partial charge in [0.05, 0.1) is 19.8 Å². The molecule has 0 aromatic heterocycles. The van der Waals surface area contributed by atoms with Crippen LogP contribution in [-0.4, -0.2) is 67.7 Å². The van der Waals surface area contributed by atoms with Crippen molar-refractivity contribution in [3.05, 3.63) is 59.7 Å². The highest BCUT2D eigenvalue weighted by Gasteiger charge is 2.54. The smallest absolute Gasteiger partial charge is 0.320 e. The zero-order valence-corrected chi connectivity index (χ0v) is 22.3. The third-order valence-electron chi connectivity index (χ3n) is 9.25. The van der Waals surface area contributed by atoms with Crippen LogP contribution in [0.25, 0.3) is 0 Å². The maximum Gasteiger partial charge on any atom is 0.320 e. The Bertz CT molecular complexity index is 1040. The number of benzene rings is 2. The molecule has 0 unspecified atom stereocenters. The molecule has 0 N–H and O–H groups in total. The highest BCUT2D eigenvalue weighted by molar-refractivity contribution is 5.78. The van der Waals surface area contributed by atoms with Gasteiger partial charge in [0.15, 0.2) is 0 Å². The number of ether oxygens (including phenoxy) is 2. The lowest BCUT2D eigenvalue weighted by Gasteiger charge is -2.51. The molecule has 6 nitrogen and oxygen atoms in total. The van der Waals surface area contributed by atoms with E-state index in [-0.39, 0.29) is 17.1 Å². The minimum absolute atomic E-state index is 0.0217. The molecule has 194 valence electrons. The zero-order chi connectivity index (χ0) is 25.3. The van der Waals surface area contributed by atoms with Gasteiger partial charge in [-0.1, -0.05) is 30.7 Å². The molecule has 1 heterocycles. The molecular weight excluding hydrogens is 450 g/mol. The summed E-state index contributed by atoms with van der Waals surface area (Å²) in [6, 6.07) is 16.9. The lowest BCUT2D eigenvalue weighted by Crippen LogP contribution is -2.56. The highest BCUT2D eigenvalue weighted by Crippen LogP contribution is 2.50. The Hall–Kier alpha value is -2.73. The number of carbonyl (C=O) groups excluding carboxylic acids is 1. The number of methoxy groups -OCH3 is 2. The van der Waals surface area contributed by atoms with Crippen molar-refractivity contribution in [3.63, 3.8) is 0 Å². The Morgan fingerprint density at radius 3 is 1.97 bits per heavy atom. The second-order valence-electron chi connectivity index (χ2n) is 11.3. The van der Waals surface area contributed by atoms with Crippen LogP contribution in [0.4, 0.5) is 4.79 Å². The predicted molar refractivity (Wildman–Crippen MR) is 142 cm³/mol. The Labute approximate surface area is 216 Å². The molecule has 2 aromatic carbocycles. The predicted octanol–water partition coefficient (Wildman–Crippen LogP) is 5.51. The van der Waals surface area contributed by atoms with Crippen LogP contribution in [0.1, 0.15) is 56.1 Å². The third kappa shape index (κ3) is 4.45. The number of hydrogen-bond acceptors (Lipinski definition) is 4. The summed E-state index contributed by atoms with van der Waals surface area (Å²) in [4.78, 5) is 20.6. The maximum atomic E-state index is 13.8. The van der Waals surface area contributed by atoms with Gasteiger partial charge in [0.1, 0.15) is 11.5 Å². The molecule has 2 aliphatic carbocycles. The van der Waals surface area contributed by atoms with E-state index in [0.717, 1.165) is 55.8 Å². The molecule has 3 aliphatic rings. The Kier molecular flexibility index (Phi) is 6.90. The fourth-order valence-electron chi connectivity index (χ4n) is 6.61. The summed E-state index contributed by atoms with van der Waals surface area (Å²) in [6.45, 7) is 2.38. The van der Waals surface area contributed by atoms with Crippen LogP contribution in [0.15, 0.2) is 48.5 Å². The normalized spacial score (nSPS) is 26.5. The molecule has 1 spiro atoms. The summed E-state index contributed by atoms with van der Waals surface area (Å²) in [5.74, 6) is 2.40. The molecule has 0 bridgehead atoms. The van der Waals surface area contributed by atoms with Gasteiger partial charge in [0.2, 0.25) is 0 Å². The number of nitrogens with zero attached hydrogens (tertiary/aromatic N) is 3. The highest BCUT2D eigenvalue weighted by atomic mass is 16.5. The average molecular weight is 492 g/mol. The van der Waals surface area contributed by atoms with Crippen LogP contribution >= 0.6 is 0 Å². The van der Waals surface area contributed by atoms with E-state index in [1.807, 2.05) is 12.1 Å². The number of urea groups is 1. The van der Waals surface area contributed by atoms with Crippen molar-refractivity contribution in [2.45, 2.75) is 62.6 Å². The second-order valence-corrected chi connectivity index (χ2v) is 11.3. The van der Waals surface area contributed by atoms with Gasteiger partial charge in [-0.15, -0.1) is 0 Å². The topological polar surface area (TPSA) is 45.3 Å². The van der Waals surface area contributed by atoms with Crippen LogP contribution in [0.5, 0.6) is 11.5 Å². The first kappa shape index (κ1) is 24.9. The molecule has 5 rings (SSSR count). The van der Waals surface area contributed by atoms with Crippen LogP contribution in [0.3, 0.4) is 0 Å². The van der Waals surface area contributed by atoms with Crippen LogP contribution in [0.2, 0.25) is 0 Å². The molecule has 1 aliphatic heterocycles. The molecule has 2 saturated carbocycles. The summed E-state index contributed by atoms with van der Waals surface area (Å²) in [5.41, 5.74) is 2.40. The first-order valence-corrected chi connectivity index (χ1v) is 13.4. The SMILES string of the molecule is COc1ccc(CN2C[C@]3(CC[C@](c4ccc(OC)cc4)(N(C)C)CC3)N(CC3CCC3)C2=O)cc1. The molecule has 2 amide bonds. The van der Waals surface area contributed by atoms with Crippen molar-refractivity contribution >= 4 is 6.03 Å². The molecule has 6 heteroatoms. The zero-order valence-electron chi connectivity index (χ0n) is 22.3. The average Bonchev–Trinajstić information content (AvgIpc) is 3.12. The van der Waals surface area contributed by atoms with Crippen molar-refractivity contribution in [1.29, 1.82) is 0 Å². The third-order valence-corrected chi connectivity index (χ3v) is 9.25. The van der Waals surface area contributed by atoms with Crippen molar-refractivity contribution in [2.24, 2.45) is 5.92 Å². The van der Waals surface area contributed by atoms with E-state index in [4.69, 9.17) is 9.47 Å². The van der Waals surface area contributed by atoms with E-state index < -0.39 is 0 Å². The van der Waals surface area contributed by atoms with Crippen molar-refractivity contribution in [1.82, 2.24) is 14.7 Å². The van der Waals surface area contributed by atoms with E-state index in [1.165, 1.54) is 24.8 Å². The van der Waals surface area contributed by atoms with Crippen molar-refractivity contribution in [2.75, 3.05) is 41.4 Å². The molecule has 36 heavy (non-hydrogen) atoms. The molecule has 1 saturated heterocycles. The van der Waals surface area contributed by atoms with Crippen LogP contribution < -0.4 is 9.47 Å². The largest absolute Gasteiger partial charge is 0.497 e. The number of rotatable bonds is 8. The second kappa shape index (κ2) is 9.97. The lowest BCUT2D eigenvalue weighted by atomic mass is 9.68. The lowest BCUT2D eigenvalue weighted by molar-refractivity contribution is 0.0159. The fourth-order valence-corrected chi connectivity index (χ4v) is 6.61. The van der Waals surface area contributed by atoms with Gasteiger partial charge in [-0.2, -0.15) is 0 Å². The molecule has 0 radical (unpaired) electrons. The Morgan fingerprint density at radius 2 is 1.47 bits per heavy atom. The van der Waals surface area contributed by atoms with Crippen LogP contribution in [0, 0.1) is 5.92 Å². The van der Waals surface area contributed by atoms with Crippen molar-refractivity contribution in [3.8, 4) is 11.5 Å². The molecule has 2 aromatic rings. The summed E-state index contributed by atoms with van der Waals surface area (Å²) < 4.78 is 10.7. The molecule has 0 atom stereocenters. The molecular formula is C30H41N3O3. The number of hydrogen-bond donors (Lipinski definition) is 0. The monoisotopic (exact) mass is 491 g/mol. The van der Waals surface area contributed by atoms with E-state index in [2.05, 4.69) is 65.2 Å². The summed E-state index contributed by atoms with van der Waals surface area (Å²) >= 11 is 0. The minimum Gasteiger partial charge on any atom is -0.497 e. The minimum atomic E-state index is -0.0782. The Balaban J connectivity index is 1.38. The summed E-state index contributed by atoms with van der Waals surface area (Å²) in [7, 11) is 7.80. The van der Waals surface area contributed by atoms with Crippen LogP contribution in [-0.2, 0) is 12.1 Å². The van der Waals surface area contributed by atoms with E-state index >= 15 is 0 Å². The van der Waals surface area contributed by atoms with Gasteiger partial charge in [-0.05, 0) is 93.9 Å². The van der Waals surface area contributed by atoms with Gasteiger partial charge in [0, 0.05) is 25.2 Å². The summed E-state index contributed by atoms with van der Waals surface area (Å²) in [5, 5.41) is 0. The summed E-state index contributed by atoms with van der Waals surface area (Å²) in [6.07, 6.45) is 7.94. The quantitative estimate of drug-likeness (QED) is 0.488. The first-order valence-electron chi connectivity index (χ1n) is 13.4. The number of carbonyl (C=O) groups is 1. The Morgan fingerprint density at radius 1 is 0.889 bits per heavy atom. The van der Waals surface area contributed by atoms with Gasteiger partial charge in [-0.25, -0.2) is 4.79 Å². The standard InChI is InChI=1S/C30H41N3O3/c1-31(2)30(25-10-14-27(36-4)15-11-25)18-16-29(17-19-30)22-32(20-24-8-12-26(35-3)13-9-24)28(34)33(29)21-23-6-5-7-23/h8-15,23H,5-7,16-22H2,1-4H3/t29-,30+. The van der Waals surface area contributed by atoms with E-state index in [9.17, 15) is 4.79 Å². The van der Waals surface area contributed by atoms with E-state index in [0.29, 0.717) is 12.5 Å². The fraction of sp³-hybridized carbons (Fsp3) is 0.567. The van der Waals surface area contributed by atoms with Gasteiger partial charge >= 0.3 is 6.03 Å².